The van der Waals surface area contributed by atoms with E-state index in [-0.39, 0.29) is 30.0 Å². The third-order valence-electron chi connectivity index (χ3n) is 5.54. The van der Waals surface area contributed by atoms with Crippen LogP contribution in [0.25, 0.3) is 0 Å². The molecule has 0 bridgehead atoms. The van der Waals surface area contributed by atoms with Crippen molar-refractivity contribution in [3.63, 3.8) is 0 Å². The molecule has 9 nitrogen and oxygen atoms in total. The number of nitrogens with zero attached hydrogens (tertiary/aromatic N) is 5. The highest BCUT2D eigenvalue weighted by Gasteiger charge is 2.29. The molecule has 2 aliphatic rings. The van der Waals surface area contributed by atoms with Gasteiger partial charge in [0.25, 0.3) is 0 Å². The molecule has 0 unspecified atom stereocenters. The summed E-state index contributed by atoms with van der Waals surface area (Å²) in [4.78, 5) is 28.2. The molecule has 1 aliphatic carbocycles. The predicted molar refractivity (Wildman–Crippen MR) is 116 cm³/mol. The first-order valence-electron chi connectivity index (χ1n) is 10.9. The van der Waals surface area contributed by atoms with Crippen molar-refractivity contribution in [3.05, 3.63) is 35.4 Å². The van der Waals surface area contributed by atoms with Crippen molar-refractivity contribution in [1.29, 1.82) is 0 Å². The van der Waals surface area contributed by atoms with Crippen LogP contribution in [0.2, 0.25) is 0 Å². The topological polar surface area (TPSA) is 95.5 Å². The van der Waals surface area contributed by atoms with Gasteiger partial charge in [0.05, 0.1) is 6.61 Å². The Bertz CT molecular complexity index is 956. The second-order valence-corrected chi connectivity index (χ2v) is 7.94. The second kappa shape index (κ2) is 9.67. The van der Waals surface area contributed by atoms with E-state index in [1.165, 1.54) is 11.1 Å². The lowest BCUT2D eigenvalue weighted by molar-refractivity contribution is -0.115. The number of hydrogen-bond donors (Lipinski definition) is 2. The number of piperazine rings is 1. The van der Waals surface area contributed by atoms with Crippen molar-refractivity contribution in [1.82, 2.24) is 19.9 Å². The molecule has 4 rings (SSSR count). The van der Waals surface area contributed by atoms with Crippen molar-refractivity contribution in [2.24, 2.45) is 0 Å². The second-order valence-electron chi connectivity index (χ2n) is 7.94. The summed E-state index contributed by atoms with van der Waals surface area (Å²) in [6.07, 6.45) is -3.23. The smallest absolute Gasteiger partial charge is 0.409 e. The zero-order valence-corrected chi connectivity index (χ0v) is 18.2. The maximum Gasteiger partial charge on any atom is 0.409 e. The summed E-state index contributed by atoms with van der Waals surface area (Å²) >= 11 is 0. The Hall–Kier alpha value is -3.31. The van der Waals surface area contributed by atoms with Gasteiger partial charge in [-0.2, -0.15) is 28.1 Å². The zero-order chi connectivity index (χ0) is 23.4. The molecule has 1 fully saturated rings. The number of halogens is 3. The summed E-state index contributed by atoms with van der Waals surface area (Å²) in [5.74, 6) is 0.328. The van der Waals surface area contributed by atoms with E-state index in [4.69, 9.17) is 4.74 Å². The molecule has 1 aromatic carbocycles. The summed E-state index contributed by atoms with van der Waals surface area (Å²) in [7, 11) is 0. The Morgan fingerprint density at radius 2 is 1.70 bits per heavy atom. The standard InChI is InChI=1S/C21H26F3N7O2/c1-2-33-20(32)31-9-7-30(8-10-31)19-28-17(25-13-21(22,23)24)27-18(29-19)26-16-11-14-5-3-4-6-15(14)12-16/h3-6,16H,2,7-13H2,1H3,(H2,25,26,27,28,29). The first kappa shape index (κ1) is 22.9. The molecule has 2 N–H and O–H groups in total. The van der Waals surface area contributed by atoms with Gasteiger partial charge in [-0.05, 0) is 30.9 Å². The quantitative estimate of drug-likeness (QED) is 0.673. The Labute approximate surface area is 189 Å². The van der Waals surface area contributed by atoms with Crippen molar-refractivity contribution in [3.8, 4) is 0 Å². The average Bonchev–Trinajstić information content (AvgIpc) is 3.19. The van der Waals surface area contributed by atoms with Gasteiger partial charge in [-0.15, -0.1) is 0 Å². The van der Waals surface area contributed by atoms with E-state index >= 15 is 0 Å². The summed E-state index contributed by atoms with van der Waals surface area (Å²) in [5.41, 5.74) is 2.46. The van der Waals surface area contributed by atoms with Gasteiger partial charge in [0.2, 0.25) is 17.8 Å². The van der Waals surface area contributed by atoms with Crippen molar-refractivity contribution >= 4 is 23.9 Å². The van der Waals surface area contributed by atoms with E-state index in [0.717, 1.165) is 12.8 Å². The molecule has 2 aromatic rings. The monoisotopic (exact) mass is 465 g/mol. The third-order valence-corrected chi connectivity index (χ3v) is 5.54. The van der Waals surface area contributed by atoms with Gasteiger partial charge in [0.15, 0.2) is 0 Å². The highest BCUT2D eigenvalue weighted by atomic mass is 19.4. The lowest BCUT2D eigenvalue weighted by Gasteiger charge is -2.34. The Morgan fingerprint density at radius 3 is 2.30 bits per heavy atom. The number of nitrogens with one attached hydrogen (secondary N) is 2. The normalized spacial score (nSPS) is 16.5. The summed E-state index contributed by atoms with van der Waals surface area (Å²) < 4.78 is 43.3. The fraction of sp³-hybridized carbons (Fsp3) is 0.524. The van der Waals surface area contributed by atoms with E-state index in [9.17, 15) is 18.0 Å². The summed E-state index contributed by atoms with van der Waals surface area (Å²) in [6.45, 7) is 2.44. The van der Waals surface area contributed by atoms with Crippen molar-refractivity contribution < 1.29 is 22.7 Å². The molecule has 0 radical (unpaired) electrons. The van der Waals surface area contributed by atoms with E-state index < -0.39 is 12.7 Å². The highest BCUT2D eigenvalue weighted by Crippen LogP contribution is 2.25. The molecule has 1 saturated heterocycles. The molecule has 12 heteroatoms. The van der Waals surface area contributed by atoms with Crippen molar-refractivity contribution in [2.45, 2.75) is 32.0 Å². The van der Waals surface area contributed by atoms with Crippen molar-refractivity contribution in [2.75, 3.05) is 54.9 Å². The minimum absolute atomic E-state index is 0.0359. The average molecular weight is 465 g/mol. The molecule has 1 aliphatic heterocycles. The number of alkyl halides is 3. The number of rotatable bonds is 6. The van der Waals surface area contributed by atoms with E-state index in [1.54, 1.807) is 11.8 Å². The van der Waals surface area contributed by atoms with Gasteiger partial charge in [0.1, 0.15) is 6.54 Å². The number of amides is 1. The number of carbonyl (C=O) groups excluding carboxylic acids is 1. The molecule has 1 amide bonds. The van der Waals surface area contributed by atoms with Gasteiger partial charge in [-0.25, -0.2) is 4.79 Å². The lowest BCUT2D eigenvalue weighted by atomic mass is 10.1. The number of carbonyl (C=O) groups is 1. The van der Waals surface area contributed by atoms with Crippen LogP contribution in [0.1, 0.15) is 18.1 Å². The maximum absolute atomic E-state index is 12.7. The van der Waals surface area contributed by atoms with Gasteiger partial charge in [-0.3, -0.25) is 0 Å². The molecule has 0 saturated carbocycles. The maximum atomic E-state index is 12.7. The summed E-state index contributed by atoms with van der Waals surface area (Å²) in [5, 5.41) is 5.51. The van der Waals surface area contributed by atoms with Crippen LogP contribution in [0, 0.1) is 0 Å². The predicted octanol–water partition coefficient (Wildman–Crippen LogP) is 2.70. The Kier molecular flexibility index (Phi) is 6.70. The van der Waals surface area contributed by atoms with Crippen LogP contribution in [-0.4, -0.2) is 77.5 Å². The molecule has 33 heavy (non-hydrogen) atoms. The number of anilines is 3. The zero-order valence-electron chi connectivity index (χ0n) is 18.2. The van der Waals surface area contributed by atoms with E-state index in [0.29, 0.717) is 32.8 Å². The molecule has 2 heterocycles. The SMILES string of the molecule is CCOC(=O)N1CCN(c2nc(NCC(F)(F)F)nc(NC3Cc4ccccc4C3)n2)CC1. The number of hydrogen-bond acceptors (Lipinski definition) is 8. The van der Waals surface area contributed by atoms with Gasteiger partial charge in [-0.1, -0.05) is 24.3 Å². The van der Waals surface area contributed by atoms with Crippen LogP contribution < -0.4 is 15.5 Å². The molecule has 1 aromatic heterocycles. The van der Waals surface area contributed by atoms with Crippen LogP contribution in [0.15, 0.2) is 24.3 Å². The van der Waals surface area contributed by atoms with Gasteiger partial charge < -0.3 is 25.2 Å². The molecule has 0 atom stereocenters. The molecular formula is C21H26F3N7O2. The molecular weight excluding hydrogens is 439 g/mol. The first-order chi connectivity index (χ1) is 15.8. The Balaban J connectivity index is 1.48. The fourth-order valence-electron chi connectivity index (χ4n) is 3.98. The lowest BCUT2D eigenvalue weighted by Crippen LogP contribution is -2.49. The van der Waals surface area contributed by atoms with Crippen LogP contribution in [0.3, 0.4) is 0 Å². The van der Waals surface area contributed by atoms with E-state index in [2.05, 4.69) is 37.7 Å². The third kappa shape index (κ3) is 5.93. The number of aromatic nitrogens is 3. The van der Waals surface area contributed by atoms with Crippen LogP contribution in [0.5, 0.6) is 0 Å². The number of ether oxygens (including phenoxy) is 1. The largest absolute Gasteiger partial charge is 0.450 e. The fourth-order valence-corrected chi connectivity index (χ4v) is 3.98. The van der Waals surface area contributed by atoms with E-state index in [1.807, 2.05) is 17.0 Å². The minimum atomic E-state index is -4.40. The van der Waals surface area contributed by atoms with Crippen LogP contribution in [-0.2, 0) is 17.6 Å². The highest BCUT2D eigenvalue weighted by molar-refractivity contribution is 5.68. The van der Waals surface area contributed by atoms with Gasteiger partial charge >= 0.3 is 12.3 Å². The summed E-state index contributed by atoms with van der Waals surface area (Å²) in [6, 6.07) is 8.13. The number of benzene rings is 1. The minimum Gasteiger partial charge on any atom is -0.450 e. The molecule has 0 spiro atoms. The first-order valence-corrected chi connectivity index (χ1v) is 10.9. The molecule has 178 valence electrons. The van der Waals surface area contributed by atoms with Crippen LogP contribution >= 0.6 is 0 Å². The van der Waals surface area contributed by atoms with Crippen LogP contribution in [0.4, 0.5) is 35.8 Å². The van der Waals surface area contributed by atoms with Gasteiger partial charge in [0, 0.05) is 32.2 Å². The Morgan fingerprint density at radius 1 is 1.06 bits per heavy atom. The number of fused-ring (bicyclic) bond motifs is 1.